The second-order valence-corrected chi connectivity index (χ2v) is 3.35. The lowest BCUT2D eigenvalue weighted by molar-refractivity contribution is 0.316. The molecule has 4 nitrogen and oxygen atoms in total. The molecule has 1 aromatic carbocycles. The number of halogens is 1. The van der Waals surface area contributed by atoms with E-state index in [9.17, 15) is 4.39 Å². The van der Waals surface area contributed by atoms with Crippen molar-refractivity contribution in [2.24, 2.45) is 10.9 Å². The van der Waals surface area contributed by atoms with Crippen molar-refractivity contribution in [2.75, 3.05) is 5.32 Å². The zero-order chi connectivity index (χ0) is 11.4. The monoisotopic (exact) mass is 211 g/mol. The van der Waals surface area contributed by atoms with Crippen LogP contribution in [-0.4, -0.2) is 17.1 Å². The maximum absolute atomic E-state index is 12.8. The van der Waals surface area contributed by atoms with Gasteiger partial charge in [-0.2, -0.15) is 0 Å². The normalized spacial score (nSPS) is 13.7. The number of rotatable bonds is 3. The molecule has 1 unspecified atom stereocenters. The number of nitrogens with zero attached hydrogens (tertiary/aromatic N) is 1. The highest BCUT2D eigenvalue weighted by Crippen LogP contribution is 2.16. The van der Waals surface area contributed by atoms with Crippen molar-refractivity contribution >= 4 is 11.5 Å². The second-order valence-electron chi connectivity index (χ2n) is 3.35. The molecular formula is C10H14FN3O. The van der Waals surface area contributed by atoms with E-state index in [4.69, 9.17) is 10.9 Å². The van der Waals surface area contributed by atoms with Crippen LogP contribution in [0.15, 0.2) is 23.4 Å². The third-order valence-electron chi connectivity index (χ3n) is 2.12. The van der Waals surface area contributed by atoms with Crippen molar-refractivity contribution in [1.82, 2.24) is 0 Å². The molecule has 0 radical (unpaired) electrons. The number of hydrogen-bond donors (Lipinski definition) is 3. The highest BCUT2D eigenvalue weighted by molar-refractivity contribution is 5.87. The van der Waals surface area contributed by atoms with Crippen molar-refractivity contribution in [3.05, 3.63) is 29.6 Å². The summed E-state index contributed by atoms with van der Waals surface area (Å²) in [6.45, 7) is 3.53. The maximum atomic E-state index is 12.8. The van der Waals surface area contributed by atoms with Crippen molar-refractivity contribution in [3.8, 4) is 0 Å². The average Bonchev–Trinajstić information content (AvgIpc) is 2.20. The molecule has 0 saturated carbocycles. The van der Waals surface area contributed by atoms with Crippen molar-refractivity contribution in [2.45, 2.75) is 19.9 Å². The Morgan fingerprint density at radius 1 is 1.60 bits per heavy atom. The molecule has 0 amide bonds. The van der Waals surface area contributed by atoms with Gasteiger partial charge in [0.1, 0.15) is 5.82 Å². The standard InChI is InChI=1S/C10H14FN3O/c1-6-5-8(11)3-4-9(6)13-7(2)10(12)14-15/h3-5,7,13,15H,1-2H3,(H2,12,14). The van der Waals surface area contributed by atoms with Gasteiger partial charge in [0, 0.05) is 5.69 Å². The highest BCUT2D eigenvalue weighted by atomic mass is 19.1. The largest absolute Gasteiger partial charge is 0.409 e. The van der Waals surface area contributed by atoms with Crippen LogP contribution in [0.2, 0.25) is 0 Å². The summed E-state index contributed by atoms with van der Waals surface area (Å²) in [6.07, 6.45) is 0. The molecule has 0 aliphatic carbocycles. The summed E-state index contributed by atoms with van der Waals surface area (Å²) in [5.74, 6) is -0.201. The first-order valence-corrected chi connectivity index (χ1v) is 4.54. The molecule has 0 bridgehead atoms. The molecule has 0 aliphatic rings. The third kappa shape index (κ3) is 2.83. The molecule has 82 valence electrons. The maximum Gasteiger partial charge on any atom is 0.161 e. The number of hydrogen-bond acceptors (Lipinski definition) is 3. The molecule has 0 aliphatic heterocycles. The Morgan fingerprint density at radius 2 is 2.27 bits per heavy atom. The van der Waals surface area contributed by atoms with Crippen LogP contribution >= 0.6 is 0 Å². The van der Waals surface area contributed by atoms with E-state index in [1.807, 2.05) is 0 Å². The summed E-state index contributed by atoms with van der Waals surface area (Å²) < 4.78 is 12.8. The highest BCUT2D eigenvalue weighted by Gasteiger charge is 2.08. The fourth-order valence-corrected chi connectivity index (χ4v) is 1.18. The molecule has 0 spiro atoms. The number of nitrogens with two attached hydrogens (primary N) is 1. The Balaban J connectivity index is 2.81. The minimum atomic E-state index is -0.306. The van der Waals surface area contributed by atoms with E-state index >= 15 is 0 Å². The first-order chi connectivity index (χ1) is 7.04. The van der Waals surface area contributed by atoms with Gasteiger partial charge in [-0.15, -0.1) is 0 Å². The van der Waals surface area contributed by atoms with Crippen LogP contribution in [-0.2, 0) is 0 Å². The van der Waals surface area contributed by atoms with Gasteiger partial charge in [0.05, 0.1) is 6.04 Å². The van der Waals surface area contributed by atoms with Crippen molar-refractivity contribution in [3.63, 3.8) is 0 Å². The van der Waals surface area contributed by atoms with Crippen molar-refractivity contribution < 1.29 is 9.60 Å². The Bertz CT molecular complexity index is 379. The van der Waals surface area contributed by atoms with Crippen LogP contribution in [0.3, 0.4) is 0 Å². The lowest BCUT2D eigenvalue weighted by Crippen LogP contribution is -2.33. The molecule has 0 fully saturated rings. The first kappa shape index (κ1) is 11.3. The summed E-state index contributed by atoms with van der Waals surface area (Å²) in [7, 11) is 0. The molecule has 0 heterocycles. The van der Waals surface area contributed by atoms with Gasteiger partial charge < -0.3 is 16.3 Å². The molecule has 0 saturated heterocycles. The van der Waals surface area contributed by atoms with E-state index in [1.54, 1.807) is 19.9 Å². The van der Waals surface area contributed by atoms with Gasteiger partial charge in [-0.1, -0.05) is 5.16 Å². The van der Waals surface area contributed by atoms with Crippen molar-refractivity contribution in [1.29, 1.82) is 0 Å². The Labute approximate surface area is 87.6 Å². The smallest absolute Gasteiger partial charge is 0.161 e. The van der Waals surface area contributed by atoms with Crippen LogP contribution in [0.5, 0.6) is 0 Å². The third-order valence-corrected chi connectivity index (χ3v) is 2.12. The minimum absolute atomic E-state index is 0.0822. The van der Waals surface area contributed by atoms with E-state index in [0.717, 1.165) is 11.3 Å². The SMILES string of the molecule is Cc1cc(F)ccc1NC(C)C(N)=NO. The van der Waals surface area contributed by atoms with Crippen LogP contribution < -0.4 is 11.1 Å². The van der Waals surface area contributed by atoms with Gasteiger partial charge in [-0.25, -0.2) is 4.39 Å². The fraction of sp³-hybridized carbons (Fsp3) is 0.300. The van der Waals surface area contributed by atoms with Gasteiger partial charge in [0.2, 0.25) is 0 Å². The fourth-order valence-electron chi connectivity index (χ4n) is 1.18. The van der Waals surface area contributed by atoms with Gasteiger partial charge >= 0.3 is 0 Å². The summed E-state index contributed by atoms with van der Waals surface area (Å²) in [5.41, 5.74) is 6.94. The summed E-state index contributed by atoms with van der Waals surface area (Å²) in [6, 6.07) is 4.08. The quantitative estimate of drug-likeness (QED) is 0.308. The molecule has 5 heteroatoms. The van der Waals surface area contributed by atoms with Gasteiger partial charge in [0.15, 0.2) is 5.84 Å². The molecule has 1 atom stereocenters. The zero-order valence-corrected chi connectivity index (χ0v) is 8.66. The van der Waals surface area contributed by atoms with E-state index in [0.29, 0.717) is 0 Å². The predicted octanol–water partition coefficient (Wildman–Crippen LogP) is 1.68. The molecular weight excluding hydrogens is 197 g/mol. The number of benzene rings is 1. The second kappa shape index (κ2) is 4.63. The molecule has 1 aromatic rings. The number of oxime groups is 1. The number of aryl methyl sites for hydroxylation is 1. The average molecular weight is 211 g/mol. The van der Waals surface area contributed by atoms with E-state index < -0.39 is 0 Å². The minimum Gasteiger partial charge on any atom is -0.409 e. The molecule has 0 aromatic heterocycles. The number of amidine groups is 1. The van der Waals surface area contributed by atoms with Gasteiger partial charge in [-0.3, -0.25) is 0 Å². The topological polar surface area (TPSA) is 70.6 Å². The Kier molecular flexibility index (Phi) is 3.49. The van der Waals surface area contributed by atoms with Gasteiger partial charge in [0.25, 0.3) is 0 Å². The summed E-state index contributed by atoms with van der Waals surface area (Å²) in [5, 5.41) is 14.4. The summed E-state index contributed by atoms with van der Waals surface area (Å²) in [4.78, 5) is 0. The number of nitrogens with one attached hydrogen (secondary N) is 1. The predicted molar refractivity (Wildman–Crippen MR) is 57.6 cm³/mol. The van der Waals surface area contributed by atoms with Crippen LogP contribution in [0.4, 0.5) is 10.1 Å². The van der Waals surface area contributed by atoms with Crippen LogP contribution in [0.1, 0.15) is 12.5 Å². The number of anilines is 1. The van der Waals surface area contributed by atoms with Crippen LogP contribution in [0.25, 0.3) is 0 Å². The molecule has 1 rings (SSSR count). The lowest BCUT2D eigenvalue weighted by Gasteiger charge is -2.15. The Morgan fingerprint density at radius 3 is 2.80 bits per heavy atom. The lowest BCUT2D eigenvalue weighted by atomic mass is 10.1. The molecule has 15 heavy (non-hydrogen) atoms. The zero-order valence-electron chi connectivity index (χ0n) is 8.66. The molecule has 4 N–H and O–H groups in total. The first-order valence-electron chi connectivity index (χ1n) is 4.54. The Hall–Kier alpha value is -1.78. The van der Waals surface area contributed by atoms with E-state index in [-0.39, 0.29) is 17.7 Å². The summed E-state index contributed by atoms with van der Waals surface area (Å²) >= 11 is 0. The van der Waals surface area contributed by atoms with E-state index in [2.05, 4.69) is 10.5 Å². The van der Waals surface area contributed by atoms with E-state index in [1.165, 1.54) is 12.1 Å². The van der Waals surface area contributed by atoms with Gasteiger partial charge in [-0.05, 0) is 37.6 Å². The van der Waals surface area contributed by atoms with Crippen LogP contribution in [0, 0.1) is 12.7 Å².